The fourth-order valence-corrected chi connectivity index (χ4v) is 1.79. The molecule has 0 rings (SSSR count). The zero-order chi connectivity index (χ0) is 12.3. The minimum Gasteiger partial charge on any atom is -0.460 e. The van der Waals surface area contributed by atoms with E-state index in [1.807, 2.05) is 20.8 Å². The molecule has 0 spiro atoms. The van der Waals surface area contributed by atoms with Crippen molar-refractivity contribution in [3.63, 3.8) is 0 Å². The van der Waals surface area contributed by atoms with Gasteiger partial charge in [-0.05, 0) is 38.5 Å². The highest BCUT2D eigenvalue weighted by atomic mass is 16.6. The van der Waals surface area contributed by atoms with Gasteiger partial charge in [0.25, 0.3) is 0 Å². The zero-order valence-corrected chi connectivity index (χ0v) is 11.3. The standard InChI is InChI=1S/C13H26O2/c1-10(9-12(2,3)4)8-11(14)15-13(5,6)7/h10H,8-9H2,1-7H3. The van der Waals surface area contributed by atoms with Crippen LogP contribution in [0.3, 0.4) is 0 Å². The summed E-state index contributed by atoms with van der Waals surface area (Å²) in [6, 6.07) is 0. The minimum absolute atomic E-state index is 0.0840. The lowest BCUT2D eigenvalue weighted by Gasteiger charge is -2.24. The Morgan fingerprint density at radius 2 is 1.60 bits per heavy atom. The second-order valence-corrected chi connectivity index (χ2v) is 6.66. The monoisotopic (exact) mass is 214 g/mol. The van der Waals surface area contributed by atoms with Crippen molar-refractivity contribution in [3.8, 4) is 0 Å². The van der Waals surface area contributed by atoms with Gasteiger partial charge >= 0.3 is 5.97 Å². The summed E-state index contributed by atoms with van der Waals surface area (Å²) in [6.45, 7) is 14.4. The summed E-state index contributed by atoms with van der Waals surface area (Å²) < 4.78 is 5.28. The molecule has 0 amide bonds. The number of esters is 1. The van der Waals surface area contributed by atoms with Gasteiger partial charge in [-0.25, -0.2) is 0 Å². The molecule has 2 nitrogen and oxygen atoms in total. The van der Waals surface area contributed by atoms with Gasteiger partial charge in [-0.1, -0.05) is 27.7 Å². The Labute approximate surface area is 94.4 Å². The SMILES string of the molecule is CC(CC(=O)OC(C)(C)C)CC(C)(C)C. The van der Waals surface area contributed by atoms with E-state index in [0.717, 1.165) is 6.42 Å². The summed E-state index contributed by atoms with van der Waals surface area (Å²) >= 11 is 0. The fourth-order valence-electron chi connectivity index (χ4n) is 1.79. The van der Waals surface area contributed by atoms with E-state index < -0.39 is 0 Å². The second-order valence-electron chi connectivity index (χ2n) is 6.66. The molecule has 1 atom stereocenters. The van der Waals surface area contributed by atoms with Crippen molar-refractivity contribution in [2.75, 3.05) is 0 Å². The number of hydrogen-bond donors (Lipinski definition) is 0. The third-order valence-electron chi connectivity index (χ3n) is 1.90. The molecule has 0 aliphatic rings. The van der Waals surface area contributed by atoms with Crippen LogP contribution in [0.1, 0.15) is 61.3 Å². The van der Waals surface area contributed by atoms with E-state index in [-0.39, 0.29) is 17.0 Å². The van der Waals surface area contributed by atoms with Gasteiger partial charge in [0.05, 0.1) is 0 Å². The third-order valence-corrected chi connectivity index (χ3v) is 1.90. The van der Waals surface area contributed by atoms with E-state index in [1.165, 1.54) is 0 Å². The summed E-state index contributed by atoms with van der Waals surface area (Å²) in [5.74, 6) is 0.305. The van der Waals surface area contributed by atoms with Gasteiger partial charge in [-0.3, -0.25) is 4.79 Å². The Hall–Kier alpha value is -0.530. The van der Waals surface area contributed by atoms with Crippen LogP contribution in [-0.2, 0) is 9.53 Å². The largest absolute Gasteiger partial charge is 0.460 e. The molecular formula is C13H26O2. The Morgan fingerprint density at radius 3 is 1.93 bits per heavy atom. The van der Waals surface area contributed by atoms with Crippen LogP contribution >= 0.6 is 0 Å². The number of carbonyl (C=O) groups is 1. The molecule has 0 aromatic carbocycles. The normalized spacial score (nSPS) is 14.9. The van der Waals surface area contributed by atoms with Gasteiger partial charge < -0.3 is 4.74 Å². The Kier molecular flexibility index (Phi) is 4.82. The molecule has 15 heavy (non-hydrogen) atoms. The van der Waals surface area contributed by atoms with Crippen LogP contribution in [0.2, 0.25) is 0 Å². The molecule has 0 heterocycles. The smallest absolute Gasteiger partial charge is 0.306 e. The van der Waals surface area contributed by atoms with Gasteiger partial charge in [-0.2, -0.15) is 0 Å². The molecular weight excluding hydrogens is 188 g/mol. The molecule has 0 saturated carbocycles. The van der Waals surface area contributed by atoms with E-state index in [2.05, 4.69) is 27.7 Å². The average molecular weight is 214 g/mol. The van der Waals surface area contributed by atoms with E-state index >= 15 is 0 Å². The molecule has 1 unspecified atom stereocenters. The first-order valence-electron chi connectivity index (χ1n) is 5.71. The molecule has 0 aromatic rings. The molecule has 0 N–H and O–H groups in total. The molecule has 0 fully saturated rings. The Morgan fingerprint density at radius 1 is 1.13 bits per heavy atom. The lowest BCUT2D eigenvalue weighted by atomic mass is 9.84. The molecule has 0 aliphatic heterocycles. The summed E-state index contributed by atoms with van der Waals surface area (Å²) in [6.07, 6.45) is 1.57. The van der Waals surface area contributed by atoms with Crippen molar-refractivity contribution >= 4 is 5.97 Å². The predicted molar refractivity (Wildman–Crippen MR) is 63.7 cm³/mol. The van der Waals surface area contributed by atoms with Crippen molar-refractivity contribution in [1.29, 1.82) is 0 Å². The number of hydrogen-bond acceptors (Lipinski definition) is 2. The lowest BCUT2D eigenvalue weighted by molar-refractivity contribution is -0.156. The molecule has 0 saturated heterocycles. The molecule has 0 aliphatic carbocycles. The Bertz CT molecular complexity index is 206. The quantitative estimate of drug-likeness (QED) is 0.668. The summed E-state index contributed by atoms with van der Waals surface area (Å²) in [5.41, 5.74) is -0.0834. The summed E-state index contributed by atoms with van der Waals surface area (Å²) in [4.78, 5) is 11.5. The fraction of sp³-hybridized carbons (Fsp3) is 0.923. The van der Waals surface area contributed by atoms with Crippen LogP contribution in [0, 0.1) is 11.3 Å². The number of ether oxygens (including phenoxy) is 1. The van der Waals surface area contributed by atoms with Crippen molar-refractivity contribution in [2.45, 2.75) is 66.9 Å². The maximum Gasteiger partial charge on any atom is 0.306 e. The van der Waals surface area contributed by atoms with E-state index in [4.69, 9.17) is 4.74 Å². The topological polar surface area (TPSA) is 26.3 Å². The van der Waals surface area contributed by atoms with Gasteiger partial charge in [0.2, 0.25) is 0 Å². The van der Waals surface area contributed by atoms with Crippen LogP contribution in [0.5, 0.6) is 0 Å². The molecule has 0 bridgehead atoms. The second kappa shape index (κ2) is 5.00. The molecule has 0 aromatic heterocycles. The van der Waals surface area contributed by atoms with E-state index in [1.54, 1.807) is 0 Å². The van der Waals surface area contributed by atoms with Crippen LogP contribution < -0.4 is 0 Å². The zero-order valence-electron chi connectivity index (χ0n) is 11.3. The van der Waals surface area contributed by atoms with Gasteiger partial charge in [0.15, 0.2) is 0 Å². The van der Waals surface area contributed by atoms with Crippen LogP contribution in [-0.4, -0.2) is 11.6 Å². The maximum absolute atomic E-state index is 11.5. The number of rotatable bonds is 3. The minimum atomic E-state index is -0.363. The van der Waals surface area contributed by atoms with Crippen LogP contribution in [0.4, 0.5) is 0 Å². The first kappa shape index (κ1) is 14.5. The molecule has 2 heteroatoms. The van der Waals surface area contributed by atoms with Crippen molar-refractivity contribution in [2.24, 2.45) is 11.3 Å². The predicted octanol–water partition coefficient (Wildman–Crippen LogP) is 3.79. The average Bonchev–Trinajstić information content (AvgIpc) is 1.73. The maximum atomic E-state index is 11.5. The highest BCUT2D eigenvalue weighted by molar-refractivity contribution is 5.70. The van der Waals surface area contributed by atoms with Crippen LogP contribution in [0.15, 0.2) is 0 Å². The van der Waals surface area contributed by atoms with Gasteiger partial charge in [0, 0.05) is 6.42 Å². The van der Waals surface area contributed by atoms with E-state index in [9.17, 15) is 4.79 Å². The molecule has 90 valence electrons. The van der Waals surface area contributed by atoms with Crippen molar-refractivity contribution in [1.82, 2.24) is 0 Å². The number of carbonyl (C=O) groups excluding carboxylic acids is 1. The highest BCUT2D eigenvalue weighted by Crippen LogP contribution is 2.26. The summed E-state index contributed by atoms with van der Waals surface area (Å²) in [5, 5.41) is 0. The first-order chi connectivity index (χ1) is 6.49. The third kappa shape index (κ3) is 9.77. The van der Waals surface area contributed by atoms with Gasteiger partial charge in [0.1, 0.15) is 5.60 Å². The highest BCUT2D eigenvalue weighted by Gasteiger charge is 2.21. The van der Waals surface area contributed by atoms with Crippen molar-refractivity contribution in [3.05, 3.63) is 0 Å². The van der Waals surface area contributed by atoms with Gasteiger partial charge in [-0.15, -0.1) is 0 Å². The first-order valence-corrected chi connectivity index (χ1v) is 5.71. The van der Waals surface area contributed by atoms with Crippen molar-refractivity contribution < 1.29 is 9.53 Å². The Balaban J connectivity index is 3.98. The summed E-state index contributed by atoms with van der Waals surface area (Å²) in [7, 11) is 0. The lowest BCUT2D eigenvalue weighted by Crippen LogP contribution is -2.25. The molecule has 0 radical (unpaired) electrons. The van der Waals surface area contributed by atoms with E-state index in [0.29, 0.717) is 12.3 Å². The van der Waals surface area contributed by atoms with Crippen LogP contribution in [0.25, 0.3) is 0 Å².